The van der Waals surface area contributed by atoms with E-state index < -0.39 is 0 Å². The molecule has 0 saturated heterocycles. The van der Waals surface area contributed by atoms with E-state index >= 15 is 0 Å². The van der Waals surface area contributed by atoms with Crippen LogP contribution in [0.25, 0.3) is 0 Å². The summed E-state index contributed by atoms with van der Waals surface area (Å²) in [5, 5.41) is 0. The van der Waals surface area contributed by atoms with Gasteiger partial charge < -0.3 is 0 Å². The number of rotatable bonds is 4. The lowest BCUT2D eigenvalue weighted by Gasteiger charge is -1.99. The zero-order valence-electron chi connectivity index (χ0n) is 7.22. The molecule has 0 atom stereocenters. The fraction of sp³-hybridized carbons (Fsp3) is 0.167. The van der Waals surface area contributed by atoms with Crippen LogP contribution in [0.5, 0.6) is 0 Å². The third-order valence-corrected chi connectivity index (χ3v) is 1.67. The molecule has 0 saturated carbocycles. The Morgan fingerprint density at radius 1 is 1.25 bits per heavy atom. The van der Waals surface area contributed by atoms with Crippen molar-refractivity contribution >= 4 is 0 Å². The maximum absolute atomic E-state index is 3.70. The lowest BCUT2D eigenvalue weighted by Crippen LogP contribution is -1.85. The molecule has 0 spiro atoms. The van der Waals surface area contributed by atoms with Gasteiger partial charge in [-0.25, -0.2) is 0 Å². The van der Waals surface area contributed by atoms with E-state index in [1.54, 1.807) is 0 Å². The van der Waals surface area contributed by atoms with Gasteiger partial charge in [-0.1, -0.05) is 30.4 Å². The highest BCUT2D eigenvalue weighted by Gasteiger charge is 1.92. The molecule has 0 N–H and O–H groups in total. The van der Waals surface area contributed by atoms with Crippen molar-refractivity contribution in [3.8, 4) is 0 Å². The van der Waals surface area contributed by atoms with E-state index in [2.05, 4.69) is 31.4 Å². The highest BCUT2D eigenvalue weighted by Crippen LogP contribution is 2.06. The molecular weight excluding hydrogens is 144 g/mol. The number of hydrogen-bond donors (Lipinski definition) is 0. The summed E-state index contributed by atoms with van der Waals surface area (Å²) in [7, 11) is 0. The summed E-state index contributed by atoms with van der Waals surface area (Å²) in [6.45, 7) is 7.39. The predicted molar refractivity (Wildman–Crippen MR) is 53.1 cm³/mol. The van der Waals surface area contributed by atoms with Crippen LogP contribution in [-0.2, 0) is 12.8 Å². The zero-order chi connectivity index (χ0) is 8.81. The average Bonchev–Trinajstić information content (AvgIpc) is 2.06. The summed E-state index contributed by atoms with van der Waals surface area (Å²) in [6.07, 6.45) is 5.63. The van der Waals surface area contributed by atoms with Gasteiger partial charge in [-0.3, -0.25) is 0 Å². The van der Waals surface area contributed by atoms with E-state index in [0.717, 1.165) is 12.8 Å². The van der Waals surface area contributed by atoms with Crippen molar-refractivity contribution in [1.82, 2.24) is 0 Å². The van der Waals surface area contributed by atoms with Crippen LogP contribution in [0.2, 0.25) is 0 Å². The summed E-state index contributed by atoms with van der Waals surface area (Å²) >= 11 is 0. The summed E-state index contributed by atoms with van der Waals surface area (Å²) in [5.74, 6) is 0. The molecule has 0 fully saturated rings. The van der Waals surface area contributed by atoms with Gasteiger partial charge in [-0.05, 0) is 30.0 Å². The fourth-order valence-corrected chi connectivity index (χ4v) is 1.14. The van der Waals surface area contributed by atoms with Crippen molar-refractivity contribution < 1.29 is 0 Å². The third kappa shape index (κ3) is 2.39. The molecule has 0 aliphatic carbocycles. The van der Waals surface area contributed by atoms with Crippen molar-refractivity contribution in [2.75, 3.05) is 0 Å². The molecule has 0 heteroatoms. The van der Waals surface area contributed by atoms with E-state index in [1.807, 2.05) is 18.2 Å². The van der Waals surface area contributed by atoms with Crippen LogP contribution in [0.15, 0.2) is 43.5 Å². The van der Waals surface area contributed by atoms with Crippen molar-refractivity contribution in [3.05, 3.63) is 60.7 Å². The average molecular weight is 157 g/mol. The summed E-state index contributed by atoms with van der Waals surface area (Å²) in [4.78, 5) is 0. The van der Waals surface area contributed by atoms with Crippen molar-refractivity contribution in [2.24, 2.45) is 0 Å². The van der Waals surface area contributed by atoms with Crippen LogP contribution in [0.1, 0.15) is 11.1 Å². The Kier molecular flexibility index (Phi) is 3.34. The summed E-state index contributed by atoms with van der Waals surface area (Å²) < 4.78 is 0. The molecule has 0 aromatic heterocycles. The highest BCUT2D eigenvalue weighted by atomic mass is 14.0. The fourth-order valence-electron chi connectivity index (χ4n) is 1.14. The molecule has 0 aliphatic rings. The first-order chi connectivity index (χ1) is 5.86. The van der Waals surface area contributed by atoms with Gasteiger partial charge in [0.05, 0.1) is 0 Å². The maximum Gasteiger partial charge on any atom is -0.00939 e. The van der Waals surface area contributed by atoms with Crippen molar-refractivity contribution in [3.63, 3.8) is 0 Å². The molecule has 1 radical (unpaired) electrons. The number of benzene rings is 1. The van der Waals surface area contributed by atoms with Gasteiger partial charge in [0.1, 0.15) is 0 Å². The minimum absolute atomic E-state index is 0.894. The lowest BCUT2D eigenvalue weighted by atomic mass is 10.1. The van der Waals surface area contributed by atoms with Gasteiger partial charge in [-0.15, -0.1) is 13.2 Å². The Hall–Kier alpha value is -1.30. The Balaban J connectivity index is 2.79. The van der Waals surface area contributed by atoms with E-state index in [-0.39, 0.29) is 0 Å². The molecule has 1 rings (SSSR count). The Morgan fingerprint density at radius 3 is 2.67 bits per heavy atom. The van der Waals surface area contributed by atoms with Crippen molar-refractivity contribution in [2.45, 2.75) is 12.8 Å². The zero-order valence-corrected chi connectivity index (χ0v) is 7.22. The van der Waals surface area contributed by atoms with Gasteiger partial charge in [-0.2, -0.15) is 0 Å². The van der Waals surface area contributed by atoms with Crippen LogP contribution < -0.4 is 0 Å². The molecule has 12 heavy (non-hydrogen) atoms. The monoisotopic (exact) mass is 157 g/mol. The minimum atomic E-state index is 0.894. The molecular formula is C12H13. The normalized spacial score (nSPS) is 9.33. The van der Waals surface area contributed by atoms with Crippen LogP contribution >= 0.6 is 0 Å². The second kappa shape index (κ2) is 4.55. The smallest absolute Gasteiger partial charge is 0.00939 e. The standard InChI is InChI=1S/C12H13/c1-3-6-11-8-5-9-12(10-11)7-4-2/h3-5,8,10H,1-2,6-7H2. The second-order valence-electron chi connectivity index (χ2n) is 2.71. The van der Waals surface area contributed by atoms with Crippen LogP contribution in [0.4, 0.5) is 0 Å². The van der Waals surface area contributed by atoms with E-state index in [9.17, 15) is 0 Å². The van der Waals surface area contributed by atoms with Crippen molar-refractivity contribution in [1.29, 1.82) is 0 Å². The van der Waals surface area contributed by atoms with E-state index in [4.69, 9.17) is 0 Å². The molecule has 1 aromatic carbocycles. The molecule has 1 aromatic rings. The molecule has 0 bridgehead atoms. The Bertz CT molecular complexity index is 246. The Labute approximate surface area is 74.2 Å². The first-order valence-electron chi connectivity index (χ1n) is 4.08. The van der Waals surface area contributed by atoms with Gasteiger partial charge in [0.15, 0.2) is 0 Å². The summed E-state index contributed by atoms with van der Waals surface area (Å²) in [5.41, 5.74) is 2.49. The molecule has 61 valence electrons. The SMILES string of the molecule is C=CCc1[c]ccc(CC=C)c1. The quantitative estimate of drug-likeness (QED) is 0.589. The predicted octanol–water partition coefficient (Wildman–Crippen LogP) is 2.94. The van der Waals surface area contributed by atoms with Crippen LogP contribution in [0, 0.1) is 6.07 Å². The molecule has 0 amide bonds. The Morgan fingerprint density at radius 2 is 2.00 bits per heavy atom. The largest absolute Gasteiger partial charge is 0.103 e. The second-order valence-corrected chi connectivity index (χ2v) is 2.71. The summed E-state index contributed by atoms with van der Waals surface area (Å²) in [6, 6.07) is 9.32. The molecule has 0 unspecified atom stereocenters. The number of allylic oxidation sites excluding steroid dienone is 2. The molecule has 0 aliphatic heterocycles. The topological polar surface area (TPSA) is 0 Å². The van der Waals surface area contributed by atoms with Gasteiger partial charge in [0, 0.05) is 0 Å². The molecule has 0 nitrogen and oxygen atoms in total. The first-order valence-corrected chi connectivity index (χ1v) is 4.08. The van der Waals surface area contributed by atoms with Gasteiger partial charge in [0.25, 0.3) is 0 Å². The lowest BCUT2D eigenvalue weighted by molar-refractivity contribution is 1.20. The van der Waals surface area contributed by atoms with E-state index in [0.29, 0.717) is 0 Å². The first kappa shape index (κ1) is 8.79. The van der Waals surface area contributed by atoms with Gasteiger partial charge in [0.2, 0.25) is 0 Å². The third-order valence-electron chi connectivity index (χ3n) is 1.67. The van der Waals surface area contributed by atoms with Crippen LogP contribution in [-0.4, -0.2) is 0 Å². The minimum Gasteiger partial charge on any atom is -0.103 e. The highest BCUT2D eigenvalue weighted by molar-refractivity contribution is 5.25. The van der Waals surface area contributed by atoms with E-state index in [1.165, 1.54) is 11.1 Å². The van der Waals surface area contributed by atoms with Gasteiger partial charge >= 0.3 is 0 Å². The maximum atomic E-state index is 3.70. The number of hydrogen-bond acceptors (Lipinski definition) is 0. The molecule has 0 heterocycles. The van der Waals surface area contributed by atoms with Crippen LogP contribution in [0.3, 0.4) is 0 Å².